The Hall–Kier alpha value is -3.72. The number of nitrogens with two attached hydrogens (primary N) is 1. The van der Waals surface area contributed by atoms with Crippen LogP contribution in [0.1, 0.15) is 10.4 Å². The highest BCUT2D eigenvalue weighted by molar-refractivity contribution is 6.04. The molecule has 0 saturated carbocycles. The van der Waals surface area contributed by atoms with Crippen molar-refractivity contribution in [3.63, 3.8) is 0 Å². The minimum Gasteiger partial charge on any atom is -0.366 e. The number of hydrogen-bond acceptors (Lipinski definition) is 1. The van der Waals surface area contributed by atoms with E-state index in [1.54, 1.807) is 24.3 Å². The van der Waals surface area contributed by atoms with Crippen LogP contribution in [0.5, 0.6) is 0 Å². The van der Waals surface area contributed by atoms with Gasteiger partial charge in [-0.25, -0.2) is 4.39 Å². The van der Waals surface area contributed by atoms with E-state index in [1.165, 1.54) is 12.1 Å². The van der Waals surface area contributed by atoms with Crippen molar-refractivity contribution in [2.45, 2.75) is 0 Å². The minimum absolute atomic E-state index is 0.302. The lowest BCUT2D eigenvalue weighted by molar-refractivity contribution is 0.100. The molecule has 0 aliphatic heterocycles. The fourth-order valence-corrected chi connectivity index (χ4v) is 3.40. The summed E-state index contributed by atoms with van der Waals surface area (Å²) in [5.41, 5.74) is 11.6. The van der Waals surface area contributed by atoms with Crippen LogP contribution in [0.25, 0.3) is 33.4 Å². The maximum absolute atomic E-state index is 13.4. The minimum atomic E-state index is -0.494. The van der Waals surface area contributed by atoms with Crippen molar-refractivity contribution < 1.29 is 9.18 Å². The Balaban J connectivity index is 1.86. The average Bonchev–Trinajstić information content (AvgIpc) is 2.74. The number of primary amides is 1. The van der Waals surface area contributed by atoms with Crippen molar-refractivity contribution >= 4 is 5.91 Å². The number of amides is 1. The maximum atomic E-state index is 13.4. The SMILES string of the molecule is NC(=O)c1cccc(-c2ccc(F)cc2)c1-c1ccc(-c2ccccc2)cc1. The predicted octanol–water partition coefficient (Wildman–Crippen LogP) is 5.93. The summed E-state index contributed by atoms with van der Waals surface area (Å²) in [6, 6.07) is 29.8. The molecule has 4 aromatic rings. The summed E-state index contributed by atoms with van der Waals surface area (Å²) in [5, 5.41) is 0. The zero-order valence-electron chi connectivity index (χ0n) is 15.1. The first-order valence-electron chi connectivity index (χ1n) is 8.98. The van der Waals surface area contributed by atoms with Gasteiger partial charge in [0.1, 0.15) is 5.82 Å². The maximum Gasteiger partial charge on any atom is 0.249 e. The second kappa shape index (κ2) is 7.49. The fraction of sp³-hybridized carbons (Fsp3) is 0. The van der Waals surface area contributed by atoms with Gasteiger partial charge in [0.15, 0.2) is 0 Å². The number of carbonyl (C=O) groups is 1. The normalized spacial score (nSPS) is 10.6. The second-order valence-corrected chi connectivity index (χ2v) is 6.54. The van der Waals surface area contributed by atoms with Crippen molar-refractivity contribution in [2.24, 2.45) is 5.73 Å². The van der Waals surface area contributed by atoms with Crippen LogP contribution in [0.2, 0.25) is 0 Å². The third kappa shape index (κ3) is 3.42. The van der Waals surface area contributed by atoms with Crippen LogP contribution >= 0.6 is 0 Å². The molecule has 0 unspecified atom stereocenters. The van der Waals surface area contributed by atoms with E-state index in [1.807, 2.05) is 48.5 Å². The van der Waals surface area contributed by atoms with Gasteiger partial charge >= 0.3 is 0 Å². The molecule has 0 saturated heterocycles. The topological polar surface area (TPSA) is 43.1 Å². The third-order valence-electron chi connectivity index (χ3n) is 4.77. The molecule has 3 heteroatoms. The molecule has 0 aliphatic carbocycles. The Morgan fingerprint density at radius 3 is 1.82 bits per heavy atom. The molecule has 2 N–H and O–H groups in total. The Morgan fingerprint density at radius 2 is 1.18 bits per heavy atom. The van der Waals surface area contributed by atoms with E-state index < -0.39 is 5.91 Å². The summed E-state index contributed by atoms with van der Waals surface area (Å²) in [7, 11) is 0. The molecule has 0 atom stereocenters. The summed E-state index contributed by atoms with van der Waals surface area (Å²) < 4.78 is 13.4. The van der Waals surface area contributed by atoms with Crippen molar-refractivity contribution in [3.8, 4) is 33.4 Å². The van der Waals surface area contributed by atoms with Gasteiger partial charge in [0, 0.05) is 11.1 Å². The highest BCUT2D eigenvalue weighted by Gasteiger charge is 2.16. The van der Waals surface area contributed by atoms with Crippen LogP contribution in [-0.2, 0) is 0 Å². The molecule has 0 bridgehead atoms. The van der Waals surface area contributed by atoms with Crippen molar-refractivity contribution in [1.29, 1.82) is 0 Å². The molecule has 4 aromatic carbocycles. The molecule has 0 fully saturated rings. The van der Waals surface area contributed by atoms with Crippen molar-refractivity contribution in [1.82, 2.24) is 0 Å². The molecule has 2 nitrogen and oxygen atoms in total. The van der Waals surface area contributed by atoms with Gasteiger partial charge in [0.2, 0.25) is 5.91 Å². The van der Waals surface area contributed by atoms with Crippen LogP contribution in [0.4, 0.5) is 4.39 Å². The Morgan fingerprint density at radius 1 is 0.607 bits per heavy atom. The Kier molecular flexibility index (Phi) is 4.73. The highest BCUT2D eigenvalue weighted by atomic mass is 19.1. The van der Waals surface area contributed by atoms with E-state index in [0.29, 0.717) is 5.56 Å². The van der Waals surface area contributed by atoms with E-state index in [4.69, 9.17) is 5.73 Å². The molecular formula is C25H18FNO. The quantitative estimate of drug-likeness (QED) is 0.478. The van der Waals surface area contributed by atoms with E-state index >= 15 is 0 Å². The molecule has 0 radical (unpaired) electrons. The monoisotopic (exact) mass is 367 g/mol. The third-order valence-corrected chi connectivity index (χ3v) is 4.77. The zero-order chi connectivity index (χ0) is 19.5. The lowest BCUT2D eigenvalue weighted by Crippen LogP contribution is -2.12. The molecule has 28 heavy (non-hydrogen) atoms. The van der Waals surface area contributed by atoms with Gasteiger partial charge in [0.25, 0.3) is 0 Å². The summed E-state index contributed by atoms with van der Waals surface area (Å²) in [6.45, 7) is 0. The fourth-order valence-electron chi connectivity index (χ4n) is 3.40. The molecule has 0 aliphatic rings. The number of halogens is 1. The van der Waals surface area contributed by atoms with Gasteiger partial charge in [-0.3, -0.25) is 4.79 Å². The number of benzene rings is 4. The summed E-state index contributed by atoms with van der Waals surface area (Å²) in [4.78, 5) is 12.1. The van der Waals surface area contributed by atoms with Gasteiger partial charge in [-0.05, 0) is 46.0 Å². The van der Waals surface area contributed by atoms with E-state index in [0.717, 1.165) is 33.4 Å². The lowest BCUT2D eigenvalue weighted by atomic mass is 9.89. The van der Waals surface area contributed by atoms with Gasteiger partial charge < -0.3 is 5.73 Å². The molecule has 0 spiro atoms. The molecule has 0 heterocycles. The van der Waals surface area contributed by atoms with Crippen molar-refractivity contribution in [2.75, 3.05) is 0 Å². The molecule has 136 valence electrons. The Labute approximate surface area is 163 Å². The summed E-state index contributed by atoms with van der Waals surface area (Å²) in [6.07, 6.45) is 0. The number of hydrogen-bond donors (Lipinski definition) is 1. The van der Waals surface area contributed by atoms with E-state index in [-0.39, 0.29) is 5.82 Å². The first kappa shape index (κ1) is 17.7. The summed E-state index contributed by atoms with van der Waals surface area (Å²) >= 11 is 0. The van der Waals surface area contributed by atoms with Gasteiger partial charge in [-0.2, -0.15) is 0 Å². The van der Waals surface area contributed by atoms with Gasteiger partial charge in [-0.15, -0.1) is 0 Å². The smallest absolute Gasteiger partial charge is 0.249 e. The number of rotatable bonds is 4. The zero-order valence-corrected chi connectivity index (χ0v) is 15.1. The largest absolute Gasteiger partial charge is 0.366 e. The van der Waals surface area contributed by atoms with E-state index in [2.05, 4.69) is 12.1 Å². The van der Waals surface area contributed by atoms with E-state index in [9.17, 15) is 9.18 Å². The first-order chi connectivity index (χ1) is 13.6. The molecule has 0 aromatic heterocycles. The average molecular weight is 367 g/mol. The van der Waals surface area contributed by atoms with Crippen LogP contribution in [-0.4, -0.2) is 5.91 Å². The van der Waals surface area contributed by atoms with Crippen LogP contribution in [0, 0.1) is 5.82 Å². The van der Waals surface area contributed by atoms with Crippen LogP contribution < -0.4 is 5.73 Å². The standard InChI is InChI=1S/C25H18FNO/c26-21-15-13-19(14-16-21)22-7-4-8-23(25(27)28)24(22)20-11-9-18(10-12-20)17-5-2-1-3-6-17/h1-16H,(H2,27,28). The lowest BCUT2D eigenvalue weighted by Gasteiger charge is -2.14. The number of carbonyl (C=O) groups excluding carboxylic acids is 1. The van der Waals surface area contributed by atoms with Gasteiger partial charge in [-0.1, -0.05) is 78.9 Å². The Bertz CT molecular complexity index is 1120. The van der Waals surface area contributed by atoms with Gasteiger partial charge in [0.05, 0.1) is 0 Å². The van der Waals surface area contributed by atoms with Crippen LogP contribution in [0.3, 0.4) is 0 Å². The summed E-state index contributed by atoms with van der Waals surface area (Å²) in [5.74, 6) is -0.797. The van der Waals surface area contributed by atoms with Crippen molar-refractivity contribution in [3.05, 3.63) is 108 Å². The van der Waals surface area contributed by atoms with Crippen LogP contribution in [0.15, 0.2) is 97.1 Å². The molecule has 4 rings (SSSR count). The first-order valence-corrected chi connectivity index (χ1v) is 8.98. The highest BCUT2D eigenvalue weighted by Crippen LogP contribution is 2.36. The second-order valence-electron chi connectivity index (χ2n) is 6.54. The molecular weight excluding hydrogens is 349 g/mol. The predicted molar refractivity (Wildman–Crippen MR) is 111 cm³/mol. The molecule has 1 amide bonds.